The molecule has 0 saturated heterocycles. The largest absolute Gasteiger partial charge is 0.506 e. The number of benzene rings is 2. The number of rotatable bonds is 4. The fourth-order valence-corrected chi connectivity index (χ4v) is 3.43. The van der Waals surface area contributed by atoms with Gasteiger partial charge in [-0.05, 0) is 0 Å². The Morgan fingerprint density at radius 3 is 1.90 bits per heavy atom. The van der Waals surface area contributed by atoms with E-state index in [4.69, 9.17) is 0 Å². The van der Waals surface area contributed by atoms with Crippen LogP contribution in [-0.2, 0) is 11.8 Å². The highest BCUT2D eigenvalue weighted by atomic mass is 79.9. The lowest BCUT2D eigenvalue weighted by Gasteiger charge is -2.27. The van der Waals surface area contributed by atoms with Crippen molar-refractivity contribution in [1.82, 2.24) is 0 Å². The molecule has 0 aliphatic rings. The second-order valence-electron chi connectivity index (χ2n) is 4.35. The van der Waals surface area contributed by atoms with Gasteiger partial charge in [-0.2, -0.15) is 21.3 Å². The third-order valence-electron chi connectivity index (χ3n) is 2.97. The third-order valence-corrected chi connectivity index (χ3v) is 5.67. The number of alkyl halides is 4. The maximum Gasteiger partial charge on any atom is 0.506 e. The summed E-state index contributed by atoms with van der Waals surface area (Å²) in [6.45, 7) is 0. The van der Waals surface area contributed by atoms with E-state index in [0.717, 1.165) is 24.3 Å². The van der Waals surface area contributed by atoms with Gasteiger partial charge in [0.15, 0.2) is 0 Å². The van der Waals surface area contributed by atoms with Crippen molar-refractivity contribution >= 4 is 34.8 Å². The van der Waals surface area contributed by atoms with Crippen molar-refractivity contribution in [3.8, 4) is 0 Å². The average Bonchev–Trinajstić information content (AvgIpc) is 2.48. The molecule has 2 rings (SSSR count). The van der Waals surface area contributed by atoms with E-state index in [9.17, 15) is 17.6 Å². The second kappa shape index (κ2) is 6.03. The summed E-state index contributed by atoms with van der Waals surface area (Å²) < 4.78 is 57.2. The molecule has 2 aromatic carbocycles. The monoisotopic (exact) mass is 356 g/mol. The van der Waals surface area contributed by atoms with E-state index in [-0.39, 0.29) is 0 Å². The number of hydrogen-bond donors (Lipinski definition) is 0. The minimum atomic E-state index is -4.25. The van der Waals surface area contributed by atoms with E-state index < -0.39 is 41.2 Å². The molecule has 0 amide bonds. The van der Waals surface area contributed by atoms with E-state index >= 15 is 0 Å². The first kappa shape index (κ1) is 15.8. The molecule has 6 heteroatoms. The van der Waals surface area contributed by atoms with Crippen LogP contribution in [0.15, 0.2) is 54.6 Å². The maximum absolute atomic E-state index is 14.2. The van der Waals surface area contributed by atoms with Gasteiger partial charge in [-0.15, -0.1) is 0 Å². The van der Waals surface area contributed by atoms with Crippen LogP contribution >= 0.6 is 12.9 Å². The molecule has 0 nitrogen and oxygen atoms in total. The molecular weight excluding hydrogens is 348 g/mol. The lowest BCUT2D eigenvalue weighted by atomic mass is 9.96. The standard InChI is InChI=1S/C14H9F4.BrH.Mg/c15-13(16,11-7-3-1-4-8-11)14(17,18)12-9-5-2-6-10-12;;/h1-5,7-10H;1H;/q;;+1/p-1. The summed E-state index contributed by atoms with van der Waals surface area (Å²) in [6.07, 6.45) is 0. The zero-order valence-electron chi connectivity index (χ0n) is 10.3. The van der Waals surface area contributed by atoms with Crippen molar-refractivity contribution in [3.05, 3.63) is 65.7 Å². The Labute approximate surface area is 129 Å². The van der Waals surface area contributed by atoms with Crippen molar-refractivity contribution in [2.75, 3.05) is 0 Å². The van der Waals surface area contributed by atoms with Crippen LogP contribution < -0.4 is 3.69 Å². The predicted molar refractivity (Wildman–Crippen MR) is 75.0 cm³/mol. The third kappa shape index (κ3) is 2.87. The van der Waals surface area contributed by atoms with Gasteiger partial charge >= 0.3 is 30.0 Å². The average molecular weight is 357 g/mol. The Morgan fingerprint density at radius 1 is 0.750 bits per heavy atom. The SMILES string of the molecule is FC(F)(c1ccccc1)C(F)(F)c1ccc[c]([Mg][Br])c1. The summed E-state index contributed by atoms with van der Waals surface area (Å²) in [6, 6.07) is 11.4. The van der Waals surface area contributed by atoms with E-state index in [2.05, 4.69) is 12.9 Å². The van der Waals surface area contributed by atoms with Crippen LogP contribution in [0.5, 0.6) is 0 Å². The number of hydrogen-bond acceptors (Lipinski definition) is 0. The van der Waals surface area contributed by atoms with Gasteiger partial charge in [-0.25, -0.2) is 0 Å². The van der Waals surface area contributed by atoms with E-state index in [1.807, 2.05) is 0 Å². The Bertz CT molecular complexity index is 587. The molecule has 0 spiro atoms. The summed E-state index contributed by atoms with van der Waals surface area (Å²) in [7, 11) is 0. The second-order valence-corrected chi connectivity index (χ2v) is 7.11. The van der Waals surface area contributed by atoms with Gasteiger partial charge in [0.25, 0.3) is 0 Å². The van der Waals surface area contributed by atoms with Crippen molar-refractivity contribution in [3.63, 3.8) is 0 Å². The maximum atomic E-state index is 14.2. The highest BCUT2D eigenvalue weighted by Crippen LogP contribution is 2.49. The molecule has 0 aromatic heterocycles. The summed E-state index contributed by atoms with van der Waals surface area (Å²) in [5, 5.41) is 0. The van der Waals surface area contributed by atoms with Crippen LogP contribution in [0.2, 0.25) is 0 Å². The molecule has 0 N–H and O–H groups in total. The molecule has 0 bridgehead atoms. The minimum absolute atomic E-state index is 0.657. The lowest BCUT2D eigenvalue weighted by molar-refractivity contribution is -0.223. The Kier molecular flexibility index (Phi) is 4.76. The molecule has 0 heterocycles. The van der Waals surface area contributed by atoms with Crippen LogP contribution in [0.25, 0.3) is 0 Å². The van der Waals surface area contributed by atoms with Gasteiger partial charge in [0.05, 0.1) is 0 Å². The van der Waals surface area contributed by atoms with Crippen molar-refractivity contribution < 1.29 is 17.6 Å². The summed E-state index contributed by atoms with van der Waals surface area (Å²) in [4.78, 5) is 0. The molecule has 0 aliphatic carbocycles. The highest BCUT2D eigenvalue weighted by molar-refractivity contribution is 9.23. The molecule has 0 fully saturated rings. The van der Waals surface area contributed by atoms with Gasteiger partial charge in [0.1, 0.15) is 0 Å². The summed E-state index contributed by atoms with van der Waals surface area (Å²) in [5.41, 5.74) is -1.35. The zero-order valence-corrected chi connectivity index (χ0v) is 13.3. The van der Waals surface area contributed by atoms with Gasteiger partial charge in [-0.1, -0.05) is 54.6 Å². The van der Waals surface area contributed by atoms with Crippen LogP contribution in [0.3, 0.4) is 0 Å². The molecule has 20 heavy (non-hydrogen) atoms. The molecule has 0 saturated carbocycles. The van der Waals surface area contributed by atoms with E-state index in [1.165, 1.54) is 24.3 Å². The molecule has 2 aromatic rings. The van der Waals surface area contributed by atoms with Crippen LogP contribution in [0, 0.1) is 0 Å². The van der Waals surface area contributed by atoms with Crippen LogP contribution in [0.4, 0.5) is 17.6 Å². The van der Waals surface area contributed by atoms with Crippen molar-refractivity contribution in [2.24, 2.45) is 0 Å². The Morgan fingerprint density at radius 2 is 1.30 bits per heavy atom. The van der Waals surface area contributed by atoms with E-state index in [0.29, 0.717) is 3.69 Å². The van der Waals surface area contributed by atoms with Crippen molar-refractivity contribution in [1.29, 1.82) is 0 Å². The smallest absolute Gasteiger partial charge is 0.296 e. The summed E-state index contributed by atoms with van der Waals surface area (Å²) >= 11 is 2.40. The van der Waals surface area contributed by atoms with Gasteiger partial charge < -0.3 is 0 Å². The van der Waals surface area contributed by atoms with E-state index in [1.54, 1.807) is 6.07 Å². The van der Waals surface area contributed by atoms with Gasteiger partial charge in [0.2, 0.25) is 0 Å². The highest BCUT2D eigenvalue weighted by Gasteiger charge is 2.58. The molecule has 0 radical (unpaired) electrons. The number of halogens is 5. The van der Waals surface area contributed by atoms with Gasteiger partial charge in [-0.3, -0.25) is 12.9 Å². The summed E-state index contributed by atoms with van der Waals surface area (Å²) in [5.74, 6) is -8.50. The molecular formula is C14H9BrF4Mg. The molecule has 102 valence electrons. The fourth-order valence-electron chi connectivity index (χ4n) is 1.86. The quantitative estimate of drug-likeness (QED) is 0.568. The Balaban J connectivity index is 2.47. The first-order valence-corrected chi connectivity index (χ1v) is 10.5. The van der Waals surface area contributed by atoms with Gasteiger partial charge in [0, 0.05) is 11.1 Å². The molecule has 0 atom stereocenters. The molecule has 0 aliphatic heterocycles. The Hall–Kier alpha value is -0.594. The minimum Gasteiger partial charge on any atom is -0.296 e. The fraction of sp³-hybridized carbons (Fsp3) is 0.143. The first-order chi connectivity index (χ1) is 9.39. The van der Waals surface area contributed by atoms with Crippen LogP contribution in [-0.4, -0.2) is 18.2 Å². The molecule has 0 unspecified atom stereocenters. The first-order valence-electron chi connectivity index (χ1n) is 5.86. The van der Waals surface area contributed by atoms with Crippen molar-refractivity contribution in [2.45, 2.75) is 11.8 Å². The van der Waals surface area contributed by atoms with Crippen LogP contribution in [0.1, 0.15) is 11.1 Å². The predicted octanol–water partition coefficient (Wildman–Crippen LogP) is 4.21. The normalized spacial score (nSPS) is 12.1. The lowest BCUT2D eigenvalue weighted by Crippen LogP contribution is -2.36. The topological polar surface area (TPSA) is 0 Å². The zero-order chi connectivity index (χ0) is 14.8.